The van der Waals surface area contributed by atoms with Gasteiger partial charge < -0.3 is 10.6 Å². The maximum atomic E-state index is 13.4. The summed E-state index contributed by atoms with van der Waals surface area (Å²) in [6.45, 7) is 4.35. The third-order valence-corrected chi connectivity index (χ3v) is 6.20. The smallest absolute Gasteiger partial charge is 0.382 e. The van der Waals surface area contributed by atoms with Crippen LogP contribution in [-0.2, 0) is 12.7 Å². The number of nitrogens with one attached hydrogen (secondary N) is 2. The van der Waals surface area contributed by atoms with E-state index < -0.39 is 11.9 Å². The number of aryl methyl sites for hydroxylation is 2. The highest BCUT2D eigenvalue weighted by molar-refractivity contribution is 6.31. The summed E-state index contributed by atoms with van der Waals surface area (Å²) in [7, 11) is 0. The zero-order valence-corrected chi connectivity index (χ0v) is 19.1. The Morgan fingerprint density at radius 1 is 1.24 bits per heavy atom. The van der Waals surface area contributed by atoms with Crippen LogP contribution in [0.4, 0.5) is 18.9 Å². The first kappa shape index (κ1) is 23.4. The molecule has 1 aliphatic rings. The van der Waals surface area contributed by atoms with Crippen molar-refractivity contribution in [2.45, 2.75) is 64.3 Å². The number of hydrogen-bond donors (Lipinski definition) is 2. The second-order valence-corrected chi connectivity index (χ2v) is 8.82. The minimum atomic E-state index is -4.56. The molecule has 1 aromatic carbocycles. The quantitative estimate of drug-likeness (QED) is 0.500. The molecule has 0 spiro atoms. The Morgan fingerprint density at radius 3 is 2.73 bits per heavy atom. The largest absolute Gasteiger partial charge is 0.433 e. The first-order valence-electron chi connectivity index (χ1n) is 10.9. The SMILES string of the molecule is CCn1ncc(C)c1C(=O)N[C@@H]1CCC[C@H](Nc2cc(C(F)(F)F)nc3ccc(Cl)cc23)C1. The van der Waals surface area contributed by atoms with E-state index in [1.54, 1.807) is 16.9 Å². The van der Waals surface area contributed by atoms with Crippen LogP contribution in [0.25, 0.3) is 10.9 Å². The average Bonchev–Trinajstić information content (AvgIpc) is 3.14. The zero-order valence-electron chi connectivity index (χ0n) is 18.3. The molecule has 4 rings (SSSR count). The number of rotatable bonds is 5. The van der Waals surface area contributed by atoms with Crippen LogP contribution in [0.15, 0.2) is 30.5 Å². The lowest BCUT2D eigenvalue weighted by molar-refractivity contribution is -0.140. The Balaban J connectivity index is 1.54. The highest BCUT2D eigenvalue weighted by Gasteiger charge is 2.34. The summed E-state index contributed by atoms with van der Waals surface area (Å²) in [4.78, 5) is 16.6. The van der Waals surface area contributed by atoms with Gasteiger partial charge in [0.05, 0.1) is 11.7 Å². The molecule has 0 saturated heterocycles. The number of amides is 1. The number of pyridine rings is 1. The molecule has 0 bridgehead atoms. The van der Waals surface area contributed by atoms with E-state index in [1.165, 1.54) is 12.1 Å². The van der Waals surface area contributed by atoms with Gasteiger partial charge >= 0.3 is 6.18 Å². The molecule has 1 fully saturated rings. The van der Waals surface area contributed by atoms with Crippen molar-refractivity contribution in [3.05, 3.63) is 52.4 Å². The van der Waals surface area contributed by atoms with Crippen LogP contribution in [0.3, 0.4) is 0 Å². The molecule has 2 N–H and O–H groups in total. The maximum absolute atomic E-state index is 13.4. The van der Waals surface area contributed by atoms with E-state index in [9.17, 15) is 18.0 Å². The minimum absolute atomic E-state index is 0.0952. The van der Waals surface area contributed by atoms with Crippen molar-refractivity contribution >= 4 is 34.1 Å². The van der Waals surface area contributed by atoms with Crippen LogP contribution in [0.5, 0.6) is 0 Å². The second-order valence-electron chi connectivity index (χ2n) is 8.38. The Bertz CT molecular complexity index is 1180. The highest BCUT2D eigenvalue weighted by Crippen LogP contribution is 2.35. The number of hydrogen-bond acceptors (Lipinski definition) is 4. The van der Waals surface area contributed by atoms with Gasteiger partial charge in [-0.3, -0.25) is 9.48 Å². The van der Waals surface area contributed by atoms with Gasteiger partial charge in [0.15, 0.2) is 0 Å². The number of carbonyl (C=O) groups is 1. The van der Waals surface area contributed by atoms with Crippen molar-refractivity contribution < 1.29 is 18.0 Å². The Kier molecular flexibility index (Phi) is 6.52. The number of nitrogens with zero attached hydrogens (tertiary/aromatic N) is 3. The van der Waals surface area contributed by atoms with Crippen molar-refractivity contribution in [1.82, 2.24) is 20.1 Å². The van der Waals surface area contributed by atoms with E-state index in [-0.39, 0.29) is 23.5 Å². The third-order valence-electron chi connectivity index (χ3n) is 5.97. The van der Waals surface area contributed by atoms with E-state index in [2.05, 4.69) is 20.7 Å². The summed E-state index contributed by atoms with van der Waals surface area (Å²) in [6, 6.07) is 5.46. The molecule has 6 nitrogen and oxygen atoms in total. The third kappa shape index (κ3) is 5.08. The standard InChI is InChI=1S/C23H25ClF3N5O/c1-3-32-21(13(2)12-28-32)22(33)30-16-6-4-5-15(10-16)29-19-11-20(23(25,26)27)31-18-8-7-14(24)9-17(18)19/h7-9,11-12,15-16H,3-6,10H2,1-2H3,(H,29,31)(H,30,33)/t15-,16+/m0/s1. The molecule has 0 unspecified atom stereocenters. The number of carbonyl (C=O) groups excluding carboxylic acids is 1. The molecule has 1 saturated carbocycles. The predicted molar refractivity (Wildman–Crippen MR) is 122 cm³/mol. The summed E-state index contributed by atoms with van der Waals surface area (Å²) >= 11 is 6.10. The Morgan fingerprint density at radius 2 is 2.00 bits per heavy atom. The van der Waals surface area contributed by atoms with Gasteiger partial charge in [-0.2, -0.15) is 18.3 Å². The molecule has 1 aliphatic carbocycles. The molecule has 10 heteroatoms. The van der Waals surface area contributed by atoms with Crippen molar-refractivity contribution in [3.8, 4) is 0 Å². The van der Waals surface area contributed by atoms with Crippen LogP contribution >= 0.6 is 11.6 Å². The highest BCUT2D eigenvalue weighted by atomic mass is 35.5. The molecular weight excluding hydrogens is 455 g/mol. The summed E-state index contributed by atoms with van der Waals surface area (Å²) in [5.41, 5.74) is 0.952. The van der Waals surface area contributed by atoms with Crippen LogP contribution < -0.4 is 10.6 Å². The van der Waals surface area contributed by atoms with Crippen LogP contribution in [0, 0.1) is 6.92 Å². The molecule has 0 aliphatic heterocycles. The molecular formula is C23H25ClF3N5O. The van der Waals surface area contributed by atoms with Gasteiger partial charge in [0.25, 0.3) is 5.91 Å². The van der Waals surface area contributed by atoms with E-state index in [0.29, 0.717) is 34.8 Å². The van der Waals surface area contributed by atoms with E-state index in [0.717, 1.165) is 30.9 Å². The van der Waals surface area contributed by atoms with E-state index in [4.69, 9.17) is 11.6 Å². The van der Waals surface area contributed by atoms with Crippen molar-refractivity contribution in [2.75, 3.05) is 5.32 Å². The van der Waals surface area contributed by atoms with Crippen LogP contribution in [-0.4, -0.2) is 32.8 Å². The van der Waals surface area contributed by atoms with Gasteiger partial charge in [0, 0.05) is 34.7 Å². The van der Waals surface area contributed by atoms with E-state index >= 15 is 0 Å². The number of aromatic nitrogens is 3. The van der Waals surface area contributed by atoms with Crippen LogP contribution in [0.1, 0.15) is 54.4 Å². The van der Waals surface area contributed by atoms with Crippen LogP contribution in [0.2, 0.25) is 5.02 Å². The molecule has 176 valence electrons. The van der Waals surface area contributed by atoms with Gasteiger partial charge in [0.2, 0.25) is 0 Å². The van der Waals surface area contributed by atoms with Crippen molar-refractivity contribution in [3.63, 3.8) is 0 Å². The van der Waals surface area contributed by atoms with E-state index in [1.807, 2.05) is 13.8 Å². The monoisotopic (exact) mass is 479 g/mol. The summed E-state index contributed by atoms with van der Waals surface area (Å²) in [5, 5.41) is 11.5. The lowest BCUT2D eigenvalue weighted by Crippen LogP contribution is -2.42. The fourth-order valence-electron chi connectivity index (χ4n) is 4.40. The molecule has 3 aromatic rings. The predicted octanol–water partition coefficient (Wildman–Crippen LogP) is 5.58. The molecule has 0 radical (unpaired) electrons. The van der Waals surface area contributed by atoms with Gasteiger partial charge in [-0.05, 0) is 69.4 Å². The molecule has 2 aromatic heterocycles. The normalized spacial score (nSPS) is 19.0. The summed E-state index contributed by atoms with van der Waals surface area (Å²) < 4.78 is 41.9. The second kappa shape index (κ2) is 9.21. The average molecular weight is 480 g/mol. The number of halogens is 4. The minimum Gasteiger partial charge on any atom is -0.382 e. The first-order valence-corrected chi connectivity index (χ1v) is 11.3. The number of fused-ring (bicyclic) bond motifs is 1. The fourth-order valence-corrected chi connectivity index (χ4v) is 4.58. The molecule has 33 heavy (non-hydrogen) atoms. The maximum Gasteiger partial charge on any atom is 0.433 e. The Labute approximate surface area is 194 Å². The lowest BCUT2D eigenvalue weighted by atomic mass is 9.90. The van der Waals surface area contributed by atoms with Crippen molar-refractivity contribution in [1.29, 1.82) is 0 Å². The van der Waals surface area contributed by atoms with Gasteiger partial charge in [-0.25, -0.2) is 4.98 Å². The number of alkyl halides is 3. The fraction of sp³-hybridized carbons (Fsp3) is 0.435. The summed E-state index contributed by atoms with van der Waals surface area (Å²) in [6.07, 6.45) is 0.125. The van der Waals surface area contributed by atoms with Gasteiger partial charge in [-0.1, -0.05) is 11.6 Å². The molecule has 2 heterocycles. The zero-order chi connectivity index (χ0) is 23.8. The van der Waals surface area contributed by atoms with Gasteiger partial charge in [-0.15, -0.1) is 0 Å². The van der Waals surface area contributed by atoms with Crippen molar-refractivity contribution in [2.24, 2.45) is 0 Å². The molecule has 1 amide bonds. The Hall–Kier alpha value is -2.81. The van der Waals surface area contributed by atoms with Gasteiger partial charge in [0.1, 0.15) is 11.4 Å². The summed E-state index contributed by atoms with van der Waals surface area (Å²) in [5.74, 6) is -0.182. The topological polar surface area (TPSA) is 71.8 Å². The first-order chi connectivity index (χ1) is 15.7. The number of benzene rings is 1. The number of anilines is 1. The molecule has 2 atom stereocenters. The lowest BCUT2D eigenvalue weighted by Gasteiger charge is -2.31.